The molecule has 3 aromatic rings. The summed E-state index contributed by atoms with van der Waals surface area (Å²) in [6.45, 7) is -0.279. The number of fused-ring (bicyclic) bond motifs is 1. The number of para-hydroxylation sites is 1. The highest BCUT2D eigenvalue weighted by Crippen LogP contribution is 2.21. The molecule has 23 heavy (non-hydrogen) atoms. The molecule has 0 bridgehead atoms. The molecule has 0 spiro atoms. The average molecular weight is 372 g/mol. The highest BCUT2D eigenvalue weighted by atomic mass is 79.9. The van der Waals surface area contributed by atoms with Crippen LogP contribution in [0.1, 0.15) is 20.7 Å². The van der Waals surface area contributed by atoms with Crippen molar-refractivity contribution in [1.29, 1.82) is 0 Å². The smallest absolute Gasteiger partial charge is 0.340 e. The zero-order valence-corrected chi connectivity index (χ0v) is 14.0. The predicted octanol–water partition coefficient (Wildman–Crippen LogP) is 3.98. The number of halogens is 1. The van der Waals surface area contributed by atoms with E-state index in [-0.39, 0.29) is 12.4 Å². The number of Topliss-reactive ketones (excluding diaryl/α,β-unsaturated/α-hetero) is 1. The largest absolute Gasteiger partial charge is 0.454 e. The topological polar surface area (TPSA) is 48.3 Å². The maximum absolute atomic E-state index is 12.3. The molecule has 2 aromatic carbocycles. The first kappa shape index (κ1) is 15.5. The Balaban J connectivity index is 1.75. The molecule has 0 saturated heterocycles. The van der Waals surface area contributed by atoms with Gasteiger partial charge in [-0.1, -0.05) is 46.3 Å². The maximum Gasteiger partial charge on any atom is 0.340 e. The monoisotopic (exact) mass is 371 g/mol. The van der Waals surface area contributed by atoms with Gasteiger partial charge in [0.2, 0.25) is 0 Å². The maximum atomic E-state index is 12.3. The van der Waals surface area contributed by atoms with Gasteiger partial charge in [0, 0.05) is 34.2 Å². The number of aromatic nitrogens is 1. The molecule has 1 aromatic heterocycles. The second-order valence-electron chi connectivity index (χ2n) is 5.18. The van der Waals surface area contributed by atoms with Crippen molar-refractivity contribution in [3.8, 4) is 0 Å². The quantitative estimate of drug-likeness (QED) is 0.514. The number of carbonyl (C=O) groups is 2. The van der Waals surface area contributed by atoms with Gasteiger partial charge in [-0.25, -0.2) is 4.79 Å². The molecule has 1 heterocycles. The Morgan fingerprint density at radius 2 is 1.91 bits per heavy atom. The van der Waals surface area contributed by atoms with Crippen molar-refractivity contribution >= 4 is 38.6 Å². The van der Waals surface area contributed by atoms with Gasteiger partial charge in [0.1, 0.15) is 0 Å². The summed E-state index contributed by atoms with van der Waals surface area (Å²) in [6.07, 6.45) is 1.72. The Morgan fingerprint density at radius 3 is 2.70 bits per heavy atom. The zero-order chi connectivity index (χ0) is 16.4. The van der Waals surface area contributed by atoms with E-state index in [2.05, 4.69) is 15.9 Å². The number of esters is 1. The highest BCUT2D eigenvalue weighted by molar-refractivity contribution is 9.10. The molecule has 0 aliphatic heterocycles. The fourth-order valence-electron chi connectivity index (χ4n) is 2.46. The van der Waals surface area contributed by atoms with E-state index in [1.807, 2.05) is 41.9 Å². The van der Waals surface area contributed by atoms with Crippen LogP contribution in [0, 0.1) is 0 Å². The molecule has 0 aliphatic rings. The first-order valence-electron chi connectivity index (χ1n) is 7.06. The van der Waals surface area contributed by atoms with E-state index in [1.54, 1.807) is 24.4 Å². The van der Waals surface area contributed by atoms with E-state index in [4.69, 9.17) is 4.74 Å². The molecule has 0 N–H and O–H groups in total. The fourth-order valence-corrected chi connectivity index (χ4v) is 2.86. The molecule has 0 aliphatic carbocycles. The Labute approximate surface area is 141 Å². The van der Waals surface area contributed by atoms with Crippen LogP contribution >= 0.6 is 15.9 Å². The summed E-state index contributed by atoms with van der Waals surface area (Å²) >= 11 is 3.31. The first-order valence-corrected chi connectivity index (χ1v) is 7.85. The lowest BCUT2D eigenvalue weighted by atomic mass is 10.1. The van der Waals surface area contributed by atoms with Crippen molar-refractivity contribution in [2.75, 3.05) is 6.61 Å². The molecular formula is C18H14BrNO3. The fraction of sp³-hybridized carbons (Fsp3) is 0.111. The molecule has 0 amide bonds. The second-order valence-corrected chi connectivity index (χ2v) is 6.10. The lowest BCUT2D eigenvalue weighted by Gasteiger charge is -2.04. The Morgan fingerprint density at radius 1 is 1.13 bits per heavy atom. The van der Waals surface area contributed by atoms with Gasteiger partial charge in [0.05, 0.1) is 5.56 Å². The number of benzene rings is 2. The van der Waals surface area contributed by atoms with Gasteiger partial charge >= 0.3 is 5.97 Å². The molecule has 4 nitrogen and oxygen atoms in total. The van der Waals surface area contributed by atoms with E-state index < -0.39 is 5.97 Å². The molecule has 3 rings (SSSR count). The van der Waals surface area contributed by atoms with Crippen LogP contribution < -0.4 is 0 Å². The zero-order valence-electron chi connectivity index (χ0n) is 12.5. The third kappa shape index (κ3) is 3.19. The molecular weight excluding hydrogens is 358 g/mol. The summed E-state index contributed by atoms with van der Waals surface area (Å²) < 4.78 is 7.86. The molecule has 0 radical (unpaired) electrons. The lowest BCUT2D eigenvalue weighted by Crippen LogP contribution is -2.14. The first-order chi connectivity index (χ1) is 11.1. The number of aryl methyl sites for hydroxylation is 1. The second kappa shape index (κ2) is 6.38. The van der Waals surface area contributed by atoms with Crippen molar-refractivity contribution in [3.05, 3.63) is 70.3 Å². The van der Waals surface area contributed by atoms with E-state index >= 15 is 0 Å². The molecule has 116 valence electrons. The van der Waals surface area contributed by atoms with Crippen molar-refractivity contribution < 1.29 is 14.3 Å². The van der Waals surface area contributed by atoms with Gasteiger partial charge in [0.15, 0.2) is 12.4 Å². The Hall–Kier alpha value is -2.40. The van der Waals surface area contributed by atoms with Crippen LogP contribution in [0.3, 0.4) is 0 Å². The van der Waals surface area contributed by atoms with Gasteiger partial charge in [-0.3, -0.25) is 4.79 Å². The summed E-state index contributed by atoms with van der Waals surface area (Å²) in [7, 11) is 1.87. The standard InChI is InChI=1S/C18H14BrNO3/c1-20-10-15(14-7-2-3-8-16(14)20)18(22)23-11-17(21)12-5-4-6-13(19)9-12/h2-10H,11H2,1H3. The van der Waals surface area contributed by atoms with Crippen molar-refractivity contribution in [2.24, 2.45) is 7.05 Å². The molecule has 5 heteroatoms. The Kier molecular flexibility index (Phi) is 4.30. The van der Waals surface area contributed by atoms with Crippen LogP contribution in [0.15, 0.2) is 59.2 Å². The van der Waals surface area contributed by atoms with Crippen molar-refractivity contribution in [2.45, 2.75) is 0 Å². The molecule has 0 atom stereocenters. The normalized spacial score (nSPS) is 10.7. The third-order valence-corrected chi connectivity index (χ3v) is 4.09. The van der Waals surface area contributed by atoms with Gasteiger partial charge in [-0.2, -0.15) is 0 Å². The molecule has 0 fully saturated rings. The number of ketones is 1. The van der Waals surface area contributed by atoms with Gasteiger partial charge in [-0.15, -0.1) is 0 Å². The lowest BCUT2D eigenvalue weighted by molar-refractivity contribution is 0.0476. The summed E-state index contributed by atoms with van der Waals surface area (Å²) in [6, 6.07) is 14.6. The van der Waals surface area contributed by atoms with E-state index in [9.17, 15) is 9.59 Å². The van der Waals surface area contributed by atoms with Crippen molar-refractivity contribution in [1.82, 2.24) is 4.57 Å². The number of carbonyl (C=O) groups excluding carboxylic acids is 2. The minimum absolute atomic E-state index is 0.236. The molecule has 0 saturated carbocycles. The van der Waals surface area contributed by atoms with E-state index in [1.165, 1.54) is 0 Å². The van der Waals surface area contributed by atoms with E-state index in [0.717, 1.165) is 15.4 Å². The summed E-state index contributed by atoms with van der Waals surface area (Å²) in [5, 5.41) is 0.815. The van der Waals surface area contributed by atoms with Crippen LogP contribution in [-0.2, 0) is 11.8 Å². The van der Waals surface area contributed by atoms with Gasteiger partial charge in [-0.05, 0) is 18.2 Å². The summed E-state index contributed by atoms with van der Waals surface area (Å²) in [4.78, 5) is 24.4. The summed E-state index contributed by atoms with van der Waals surface area (Å²) in [5.74, 6) is -0.731. The minimum Gasteiger partial charge on any atom is -0.454 e. The average Bonchev–Trinajstić information content (AvgIpc) is 2.90. The third-order valence-electron chi connectivity index (χ3n) is 3.60. The highest BCUT2D eigenvalue weighted by Gasteiger charge is 2.16. The van der Waals surface area contributed by atoms with Crippen molar-refractivity contribution in [3.63, 3.8) is 0 Å². The Bertz CT molecular complexity index is 898. The van der Waals surface area contributed by atoms with Crippen LogP contribution in [0.25, 0.3) is 10.9 Å². The number of ether oxygens (including phenoxy) is 1. The predicted molar refractivity (Wildman–Crippen MR) is 91.7 cm³/mol. The number of hydrogen-bond acceptors (Lipinski definition) is 3. The SMILES string of the molecule is Cn1cc(C(=O)OCC(=O)c2cccc(Br)c2)c2ccccc21. The number of hydrogen-bond donors (Lipinski definition) is 0. The van der Waals surface area contributed by atoms with Gasteiger partial charge < -0.3 is 9.30 Å². The van der Waals surface area contributed by atoms with E-state index in [0.29, 0.717) is 11.1 Å². The van der Waals surface area contributed by atoms with Crippen LogP contribution in [-0.4, -0.2) is 22.9 Å². The minimum atomic E-state index is -0.495. The van der Waals surface area contributed by atoms with Crippen LogP contribution in [0.2, 0.25) is 0 Å². The number of nitrogens with zero attached hydrogens (tertiary/aromatic N) is 1. The van der Waals surface area contributed by atoms with Crippen LogP contribution in [0.5, 0.6) is 0 Å². The molecule has 0 unspecified atom stereocenters. The van der Waals surface area contributed by atoms with Crippen LogP contribution in [0.4, 0.5) is 0 Å². The van der Waals surface area contributed by atoms with Gasteiger partial charge in [0.25, 0.3) is 0 Å². The number of rotatable bonds is 4. The summed E-state index contributed by atoms with van der Waals surface area (Å²) in [5.41, 5.74) is 1.91.